The minimum absolute atomic E-state index is 0.0628. The van der Waals surface area contributed by atoms with Gasteiger partial charge in [-0.15, -0.1) is 5.11 Å². The molecule has 0 aliphatic carbocycles. The second kappa shape index (κ2) is 11.0. The molecule has 0 spiro atoms. The number of nitriles is 1. The Morgan fingerprint density at radius 3 is 2.56 bits per heavy atom. The van der Waals surface area contributed by atoms with Gasteiger partial charge in [0, 0.05) is 32.7 Å². The van der Waals surface area contributed by atoms with Crippen LogP contribution < -0.4 is 4.90 Å². The standard InChI is InChI=1S/C22H25F3N8O3/c23-22(24,25)20-17(13-29-30-21(20)35)33-4-1-2-15(33)14-36-9-3-19(34)32-7-5-31(6-8-32)16-11-27-18(10-26)28-12-16/h11-13,15,20H,1-9,14H2/t15-,20?/m0/s1. The normalized spacial score (nSPS) is 22.6. The smallest absolute Gasteiger partial charge is 0.379 e. The third kappa shape index (κ3) is 5.78. The Balaban J connectivity index is 1.22. The molecule has 3 aliphatic rings. The number of aromatic nitrogens is 2. The van der Waals surface area contributed by atoms with Gasteiger partial charge in [0.1, 0.15) is 6.07 Å². The molecule has 2 atom stereocenters. The molecule has 192 valence electrons. The maximum absolute atomic E-state index is 13.5. The number of carbonyl (C=O) groups excluding carboxylic acids is 2. The number of piperazine rings is 1. The summed E-state index contributed by atoms with van der Waals surface area (Å²) in [5.74, 6) is -3.59. The Labute approximate surface area is 205 Å². The Bertz CT molecular complexity index is 1060. The van der Waals surface area contributed by atoms with Gasteiger partial charge in [-0.05, 0) is 12.8 Å². The zero-order valence-corrected chi connectivity index (χ0v) is 19.4. The van der Waals surface area contributed by atoms with E-state index in [1.807, 2.05) is 11.0 Å². The number of ether oxygens (including phenoxy) is 1. The molecule has 4 rings (SSSR count). The third-order valence-electron chi connectivity index (χ3n) is 6.43. The molecule has 0 N–H and O–H groups in total. The van der Waals surface area contributed by atoms with Gasteiger partial charge in [-0.3, -0.25) is 9.59 Å². The molecule has 14 heteroatoms. The summed E-state index contributed by atoms with van der Waals surface area (Å²) < 4.78 is 46.1. The summed E-state index contributed by atoms with van der Waals surface area (Å²) in [6.45, 7) is 2.90. The van der Waals surface area contributed by atoms with Crippen LogP contribution in [0.15, 0.2) is 34.5 Å². The lowest BCUT2D eigenvalue weighted by Crippen LogP contribution is -2.49. The number of halogens is 3. The molecule has 11 nitrogen and oxygen atoms in total. The number of rotatable bonds is 7. The predicted octanol–water partition coefficient (Wildman–Crippen LogP) is 1.88. The molecule has 2 amide bonds. The minimum Gasteiger partial charge on any atom is -0.379 e. The van der Waals surface area contributed by atoms with E-state index in [4.69, 9.17) is 10.00 Å². The molecule has 1 unspecified atom stereocenters. The van der Waals surface area contributed by atoms with Crippen LogP contribution in [-0.2, 0) is 14.3 Å². The van der Waals surface area contributed by atoms with Gasteiger partial charge < -0.3 is 19.4 Å². The first kappa shape index (κ1) is 25.5. The zero-order chi connectivity index (χ0) is 25.7. The highest BCUT2D eigenvalue weighted by molar-refractivity contribution is 5.83. The van der Waals surface area contributed by atoms with Gasteiger partial charge in [0.25, 0.3) is 5.91 Å². The molecule has 0 aromatic carbocycles. The Morgan fingerprint density at radius 2 is 1.89 bits per heavy atom. The van der Waals surface area contributed by atoms with Gasteiger partial charge >= 0.3 is 6.18 Å². The van der Waals surface area contributed by atoms with Crippen molar-refractivity contribution in [1.82, 2.24) is 19.8 Å². The highest BCUT2D eigenvalue weighted by atomic mass is 19.4. The van der Waals surface area contributed by atoms with E-state index in [1.165, 1.54) is 4.90 Å². The SMILES string of the molecule is N#Cc1ncc(N2CCN(C(=O)CCOC[C@@H]3CCCN3C3=CN=NC(=O)C3C(F)(F)F)CC2)cn1. The van der Waals surface area contributed by atoms with Crippen molar-refractivity contribution in [3.8, 4) is 6.07 Å². The van der Waals surface area contributed by atoms with E-state index < -0.39 is 18.0 Å². The van der Waals surface area contributed by atoms with Crippen molar-refractivity contribution in [2.75, 3.05) is 50.8 Å². The van der Waals surface area contributed by atoms with E-state index in [0.717, 1.165) is 11.9 Å². The number of carbonyl (C=O) groups is 2. The van der Waals surface area contributed by atoms with Crippen molar-refractivity contribution >= 4 is 17.5 Å². The van der Waals surface area contributed by atoms with Gasteiger partial charge in [-0.2, -0.15) is 23.5 Å². The fourth-order valence-corrected chi connectivity index (χ4v) is 4.59. The quantitative estimate of drug-likeness (QED) is 0.513. The maximum Gasteiger partial charge on any atom is 0.406 e. The van der Waals surface area contributed by atoms with Crippen LogP contribution in [-0.4, -0.2) is 89.7 Å². The third-order valence-corrected chi connectivity index (χ3v) is 6.43. The van der Waals surface area contributed by atoms with Crippen LogP contribution in [0, 0.1) is 17.2 Å². The lowest BCUT2D eigenvalue weighted by Gasteiger charge is -2.36. The first-order valence-electron chi connectivity index (χ1n) is 11.6. The number of amides is 2. The van der Waals surface area contributed by atoms with Gasteiger partial charge in [0.05, 0.1) is 55.7 Å². The number of hydrogen-bond acceptors (Lipinski definition) is 9. The fourth-order valence-electron chi connectivity index (χ4n) is 4.59. The zero-order valence-electron chi connectivity index (χ0n) is 19.4. The van der Waals surface area contributed by atoms with Crippen LogP contribution in [0.1, 0.15) is 25.1 Å². The van der Waals surface area contributed by atoms with Crippen LogP contribution in [0.5, 0.6) is 0 Å². The first-order chi connectivity index (χ1) is 17.3. The van der Waals surface area contributed by atoms with Gasteiger partial charge in [0.2, 0.25) is 11.7 Å². The molecule has 0 radical (unpaired) electrons. The van der Waals surface area contributed by atoms with Crippen molar-refractivity contribution in [3.05, 3.63) is 30.1 Å². The molecule has 4 heterocycles. The van der Waals surface area contributed by atoms with Crippen LogP contribution in [0.2, 0.25) is 0 Å². The van der Waals surface area contributed by atoms with Gasteiger partial charge in [0.15, 0.2) is 5.92 Å². The van der Waals surface area contributed by atoms with Crippen LogP contribution >= 0.6 is 0 Å². The van der Waals surface area contributed by atoms with Crippen molar-refractivity contribution in [2.24, 2.45) is 16.1 Å². The highest BCUT2D eigenvalue weighted by Gasteiger charge is 2.51. The lowest BCUT2D eigenvalue weighted by atomic mass is 10.0. The Morgan fingerprint density at radius 1 is 1.17 bits per heavy atom. The minimum atomic E-state index is -4.75. The van der Waals surface area contributed by atoms with Crippen LogP contribution in [0.25, 0.3) is 0 Å². The van der Waals surface area contributed by atoms with E-state index in [-0.39, 0.29) is 43.1 Å². The molecular weight excluding hydrogens is 481 g/mol. The Hall–Kier alpha value is -3.60. The number of hydrogen-bond donors (Lipinski definition) is 0. The summed E-state index contributed by atoms with van der Waals surface area (Å²) in [5.41, 5.74) is 0.588. The summed E-state index contributed by atoms with van der Waals surface area (Å²) in [7, 11) is 0. The molecular formula is C22H25F3N8O3. The number of likely N-dealkylation sites (tertiary alicyclic amines) is 1. The first-order valence-corrected chi connectivity index (χ1v) is 11.6. The summed E-state index contributed by atoms with van der Waals surface area (Å²) in [5, 5.41) is 15.3. The van der Waals surface area contributed by atoms with Gasteiger partial charge in [-0.1, -0.05) is 0 Å². The molecule has 0 bridgehead atoms. The maximum atomic E-state index is 13.5. The van der Waals surface area contributed by atoms with Crippen LogP contribution in [0.4, 0.5) is 18.9 Å². The van der Waals surface area contributed by atoms with Crippen molar-refractivity contribution in [3.63, 3.8) is 0 Å². The summed E-state index contributed by atoms with van der Waals surface area (Å²) >= 11 is 0. The topological polar surface area (TPSA) is 127 Å². The molecule has 0 saturated carbocycles. The van der Waals surface area contributed by atoms with E-state index in [2.05, 4.69) is 20.2 Å². The second-order valence-corrected chi connectivity index (χ2v) is 8.64. The Kier molecular flexibility index (Phi) is 7.78. The molecule has 1 aromatic heterocycles. The van der Waals surface area contributed by atoms with Crippen molar-refractivity contribution < 1.29 is 27.5 Å². The highest BCUT2D eigenvalue weighted by Crippen LogP contribution is 2.39. The van der Waals surface area contributed by atoms with E-state index in [9.17, 15) is 22.8 Å². The second-order valence-electron chi connectivity index (χ2n) is 8.64. The summed E-state index contributed by atoms with van der Waals surface area (Å²) in [6, 6.07) is 1.53. The van der Waals surface area contributed by atoms with E-state index in [0.29, 0.717) is 45.6 Å². The molecule has 2 fully saturated rings. The van der Waals surface area contributed by atoms with E-state index >= 15 is 0 Å². The molecule has 1 aromatic rings. The summed E-state index contributed by atoms with van der Waals surface area (Å²) in [4.78, 5) is 37.6. The fraction of sp³-hybridized carbons (Fsp3) is 0.591. The lowest BCUT2D eigenvalue weighted by molar-refractivity contribution is -0.177. The van der Waals surface area contributed by atoms with E-state index in [1.54, 1.807) is 17.3 Å². The molecule has 36 heavy (non-hydrogen) atoms. The molecule has 3 aliphatic heterocycles. The predicted molar refractivity (Wildman–Crippen MR) is 118 cm³/mol. The van der Waals surface area contributed by atoms with Gasteiger partial charge in [-0.25, -0.2) is 9.97 Å². The molecule has 2 saturated heterocycles. The number of nitrogens with zero attached hydrogens (tertiary/aromatic N) is 8. The average Bonchev–Trinajstić information content (AvgIpc) is 3.34. The van der Waals surface area contributed by atoms with Crippen LogP contribution in [0.3, 0.4) is 0 Å². The summed E-state index contributed by atoms with van der Waals surface area (Å²) in [6.07, 6.45) is 0.861. The monoisotopic (exact) mass is 506 g/mol. The van der Waals surface area contributed by atoms with Crippen molar-refractivity contribution in [2.45, 2.75) is 31.5 Å². The number of anilines is 1. The number of alkyl halides is 3. The number of azo groups is 1. The van der Waals surface area contributed by atoms with Crippen molar-refractivity contribution in [1.29, 1.82) is 5.26 Å². The average molecular weight is 506 g/mol. The largest absolute Gasteiger partial charge is 0.406 e.